The molecule has 4 atom stereocenters. The maximum absolute atomic E-state index is 13.5. The van der Waals surface area contributed by atoms with Crippen LogP contribution in [0.25, 0.3) is 0 Å². The largest absolute Gasteiger partial charge is 0.468 e. The van der Waals surface area contributed by atoms with Gasteiger partial charge in [0.2, 0.25) is 0 Å². The van der Waals surface area contributed by atoms with Gasteiger partial charge in [-0.25, -0.2) is 4.79 Å². The predicted molar refractivity (Wildman–Crippen MR) is 115 cm³/mol. The molecule has 0 amide bonds. The molecule has 0 aromatic carbocycles. The second-order valence-corrected chi connectivity index (χ2v) is 9.43. The van der Waals surface area contributed by atoms with Crippen molar-refractivity contribution >= 4 is 29.1 Å². The van der Waals surface area contributed by atoms with E-state index in [0.717, 1.165) is 15.5 Å². The number of esters is 2. The lowest BCUT2D eigenvalue weighted by Crippen LogP contribution is -2.43. The first-order valence-corrected chi connectivity index (χ1v) is 11.1. The molecule has 30 heavy (non-hydrogen) atoms. The molecule has 2 heterocycles. The van der Waals surface area contributed by atoms with Crippen LogP contribution in [0.3, 0.4) is 0 Å². The lowest BCUT2D eigenvalue weighted by atomic mass is 9.70. The minimum atomic E-state index is -0.871. The van der Waals surface area contributed by atoms with E-state index in [1.165, 1.54) is 7.11 Å². The van der Waals surface area contributed by atoms with E-state index in [0.29, 0.717) is 29.7 Å². The van der Waals surface area contributed by atoms with Gasteiger partial charge in [0.25, 0.3) is 0 Å². The Morgan fingerprint density at radius 2 is 2.00 bits per heavy atom. The van der Waals surface area contributed by atoms with Crippen molar-refractivity contribution in [1.29, 1.82) is 0 Å². The van der Waals surface area contributed by atoms with Crippen LogP contribution in [0, 0.1) is 18.8 Å². The molecule has 0 saturated carbocycles. The fourth-order valence-electron chi connectivity index (χ4n) is 4.17. The van der Waals surface area contributed by atoms with Crippen LogP contribution < -0.4 is 5.32 Å². The Morgan fingerprint density at radius 1 is 1.30 bits per heavy atom. The molecule has 0 spiro atoms. The minimum Gasteiger partial charge on any atom is -0.468 e. The summed E-state index contributed by atoms with van der Waals surface area (Å²) in [5, 5.41) is 3.28. The number of carbonyl (C=O) groups excluding carboxylic acids is 3. The SMILES string of the molecule is CC[C@H](C)OC(=O)C1=C(C)NC2=C(C(=O)[C@@H](C(=O)OC)[C@@H](C)C2)[C@@H]1c1ccc(C)s1. The van der Waals surface area contributed by atoms with Crippen LogP contribution in [0.2, 0.25) is 0 Å². The van der Waals surface area contributed by atoms with E-state index in [-0.39, 0.29) is 17.8 Å². The number of carbonyl (C=O) groups is 3. The lowest BCUT2D eigenvalue weighted by molar-refractivity contribution is -0.151. The molecule has 7 heteroatoms. The smallest absolute Gasteiger partial charge is 0.337 e. The summed E-state index contributed by atoms with van der Waals surface area (Å²) in [4.78, 5) is 41.1. The number of methoxy groups -OCH3 is 1. The first kappa shape index (κ1) is 22.3. The number of aryl methyl sites for hydroxylation is 1. The van der Waals surface area contributed by atoms with Gasteiger partial charge in [-0.2, -0.15) is 0 Å². The van der Waals surface area contributed by atoms with Gasteiger partial charge in [0, 0.05) is 26.7 Å². The second-order valence-electron chi connectivity index (χ2n) is 8.11. The summed E-state index contributed by atoms with van der Waals surface area (Å²) in [5.41, 5.74) is 2.38. The number of thiophene rings is 1. The number of Topliss-reactive ketones (excluding diaryl/α,β-unsaturated/α-hetero) is 1. The molecular weight excluding hydrogens is 402 g/mol. The summed E-state index contributed by atoms with van der Waals surface area (Å²) in [5.74, 6) is -2.86. The highest BCUT2D eigenvalue weighted by atomic mass is 32.1. The Morgan fingerprint density at radius 3 is 2.57 bits per heavy atom. The van der Waals surface area contributed by atoms with Crippen molar-refractivity contribution in [2.45, 2.75) is 59.5 Å². The Kier molecular flexibility index (Phi) is 6.50. The van der Waals surface area contributed by atoms with Gasteiger partial charge >= 0.3 is 11.9 Å². The average molecular weight is 432 g/mol. The number of ketones is 1. The second kappa shape index (κ2) is 8.76. The van der Waals surface area contributed by atoms with E-state index in [1.807, 2.05) is 46.8 Å². The van der Waals surface area contributed by atoms with E-state index in [9.17, 15) is 14.4 Å². The van der Waals surface area contributed by atoms with Crippen molar-refractivity contribution in [2.24, 2.45) is 11.8 Å². The van der Waals surface area contributed by atoms with Crippen LogP contribution in [-0.2, 0) is 23.9 Å². The molecule has 0 bridgehead atoms. The number of dihydropyridines is 1. The highest BCUT2D eigenvalue weighted by Crippen LogP contribution is 2.47. The van der Waals surface area contributed by atoms with Crippen molar-refractivity contribution in [3.05, 3.63) is 44.4 Å². The molecule has 3 rings (SSSR count). The monoisotopic (exact) mass is 431 g/mol. The Balaban J connectivity index is 2.13. The summed E-state index contributed by atoms with van der Waals surface area (Å²) in [6.07, 6.45) is 0.999. The van der Waals surface area contributed by atoms with Gasteiger partial charge in [-0.05, 0) is 51.7 Å². The standard InChI is InChI=1S/C23H29NO5S/c1-7-12(3)29-23(27)18-14(5)24-15-10-11(2)17(22(26)28-6)21(25)19(15)20(18)16-9-8-13(4)30-16/h8-9,11-12,17,20,24H,7,10H2,1-6H3/t11-,12-,17-,20+/m0/s1. The average Bonchev–Trinajstić information content (AvgIpc) is 3.12. The van der Waals surface area contributed by atoms with Crippen LogP contribution in [0.5, 0.6) is 0 Å². The highest BCUT2D eigenvalue weighted by molar-refractivity contribution is 7.12. The maximum atomic E-state index is 13.5. The Hall–Kier alpha value is -2.41. The van der Waals surface area contributed by atoms with Crippen LogP contribution in [-0.4, -0.2) is 30.9 Å². The van der Waals surface area contributed by atoms with Gasteiger partial charge in [0.05, 0.1) is 24.7 Å². The molecule has 0 unspecified atom stereocenters. The van der Waals surface area contributed by atoms with E-state index < -0.39 is 23.8 Å². The van der Waals surface area contributed by atoms with Gasteiger partial charge in [0.1, 0.15) is 5.92 Å². The summed E-state index contributed by atoms with van der Waals surface area (Å²) in [7, 11) is 1.30. The summed E-state index contributed by atoms with van der Waals surface area (Å²) >= 11 is 1.54. The summed E-state index contributed by atoms with van der Waals surface area (Å²) < 4.78 is 10.6. The van der Waals surface area contributed by atoms with Crippen molar-refractivity contribution in [2.75, 3.05) is 7.11 Å². The van der Waals surface area contributed by atoms with Gasteiger partial charge in [-0.15, -0.1) is 11.3 Å². The first-order valence-electron chi connectivity index (χ1n) is 10.3. The van der Waals surface area contributed by atoms with Gasteiger partial charge in [-0.1, -0.05) is 13.8 Å². The third-order valence-corrected chi connectivity index (χ3v) is 6.96. The van der Waals surface area contributed by atoms with Crippen LogP contribution >= 0.6 is 11.3 Å². The number of nitrogens with one attached hydrogen (secondary N) is 1. The molecule has 0 saturated heterocycles. The Bertz CT molecular complexity index is 941. The fourth-order valence-corrected chi connectivity index (χ4v) is 5.17. The zero-order chi connectivity index (χ0) is 22.2. The molecule has 2 aliphatic rings. The molecule has 0 radical (unpaired) electrons. The van der Waals surface area contributed by atoms with E-state index in [4.69, 9.17) is 9.47 Å². The van der Waals surface area contributed by atoms with Gasteiger partial charge < -0.3 is 14.8 Å². The third-order valence-electron chi connectivity index (χ3n) is 5.89. The summed E-state index contributed by atoms with van der Waals surface area (Å²) in [6, 6.07) is 3.92. The molecule has 162 valence electrons. The number of rotatable bonds is 5. The van der Waals surface area contributed by atoms with Crippen LogP contribution in [0.1, 0.15) is 56.2 Å². The van der Waals surface area contributed by atoms with Gasteiger partial charge in [-0.3, -0.25) is 9.59 Å². The fraction of sp³-hybridized carbons (Fsp3) is 0.522. The normalized spacial score (nSPS) is 24.9. The maximum Gasteiger partial charge on any atom is 0.337 e. The quantitative estimate of drug-likeness (QED) is 0.560. The number of hydrogen-bond donors (Lipinski definition) is 1. The molecule has 6 nitrogen and oxygen atoms in total. The zero-order valence-corrected chi connectivity index (χ0v) is 19.1. The molecule has 1 aromatic rings. The summed E-state index contributed by atoms with van der Waals surface area (Å²) in [6.45, 7) is 9.50. The molecule has 0 fully saturated rings. The van der Waals surface area contributed by atoms with Crippen molar-refractivity contribution in [3.63, 3.8) is 0 Å². The van der Waals surface area contributed by atoms with Crippen molar-refractivity contribution in [1.82, 2.24) is 5.32 Å². The third kappa shape index (κ3) is 3.95. The van der Waals surface area contributed by atoms with Crippen molar-refractivity contribution < 1.29 is 23.9 Å². The van der Waals surface area contributed by atoms with Gasteiger partial charge in [0.15, 0.2) is 5.78 Å². The van der Waals surface area contributed by atoms with Crippen molar-refractivity contribution in [3.8, 4) is 0 Å². The van der Waals surface area contributed by atoms with E-state index in [1.54, 1.807) is 11.3 Å². The van der Waals surface area contributed by atoms with E-state index in [2.05, 4.69) is 5.32 Å². The first-order chi connectivity index (χ1) is 14.2. The molecule has 1 aromatic heterocycles. The molecule has 1 N–H and O–H groups in total. The topological polar surface area (TPSA) is 81.7 Å². The Labute approximate surface area is 181 Å². The number of ether oxygens (including phenoxy) is 2. The minimum absolute atomic E-state index is 0.191. The molecule has 1 aliphatic carbocycles. The predicted octanol–water partition coefficient (Wildman–Crippen LogP) is 4.01. The zero-order valence-electron chi connectivity index (χ0n) is 18.3. The highest BCUT2D eigenvalue weighted by Gasteiger charge is 2.47. The molecular formula is C23H29NO5S. The van der Waals surface area contributed by atoms with E-state index >= 15 is 0 Å². The number of hydrogen-bond acceptors (Lipinski definition) is 7. The van der Waals surface area contributed by atoms with Crippen LogP contribution in [0.15, 0.2) is 34.7 Å². The number of allylic oxidation sites excluding steroid dienone is 3. The lowest BCUT2D eigenvalue weighted by Gasteiger charge is -2.38. The van der Waals surface area contributed by atoms with Crippen LogP contribution in [0.4, 0.5) is 0 Å². The molecule has 1 aliphatic heterocycles.